The highest BCUT2D eigenvalue weighted by molar-refractivity contribution is 5.33. The Morgan fingerprint density at radius 1 is 0.929 bits per heavy atom. The summed E-state index contributed by atoms with van der Waals surface area (Å²) in [7, 11) is 0. The molecule has 0 N–H and O–H groups in total. The van der Waals surface area contributed by atoms with Gasteiger partial charge in [-0.3, -0.25) is 0 Å². The van der Waals surface area contributed by atoms with Gasteiger partial charge in [-0.2, -0.15) is 0 Å². The molecule has 0 saturated heterocycles. The van der Waals surface area contributed by atoms with Gasteiger partial charge in [-0.25, -0.2) is 0 Å². The molecule has 0 aromatic carbocycles. The SMILES string of the molecule is C.C=C1CCCC(C)=C1C.CC.CC. The lowest BCUT2D eigenvalue weighted by molar-refractivity contribution is 0.765. The fraction of sp³-hybridized carbons (Fsp3) is 0.714. The number of hydrogen-bond acceptors (Lipinski definition) is 0. The molecule has 1 aliphatic rings. The highest BCUT2D eigenvalue weighted by Gasteiger charge is 2.07. The first-order valence-corrected chi connectivity index (χ1v) is 5.56. The lowest BCUT2D eigenvalue weighted by Gasteiger charge is -2.16. The van der Waals surface area contributed by atoms with Crippen LogP contribution >= 0.6 is 0 Å². The molecule has 0 saturated carbocycles. The lowest BCUT2D eigenvalue weighted by atomic mass is 9.90. The first-order valence-electron chi connectivity index (χ1n) is 5.56. The highest BCUT2D eigenvalue weighted by Crippen LogP contribution is 2.26. The van der Waals surface area contributed by atoms with Crippen LogP contribution in [0.2, 0.25) is 0 Å². The summed E-state index contributed by atoms with van der Waals surface area (Å²) in [6.45, 7) is 16.4. The molecule has 0 bridgehead atoms. The third-order valence-electron chi connectivity index (χ3n) is 2.20. The maximum Gasteiger partial charge on any atom is -0.0279 e. The van der Waals surface area contributed by atoms with Crippen molar-refractivity contribution in [3.05, 3.63) is 23.3 Å². The van der Waals surface area contributed by atoms with E-state index in [1.54, 1.807) is 0 Å². The molecule has 0 nitrogen and oxygen atoms in total. The van der Waals surface area contributed by atoms with Gasteiger partial charge in [0.15, 0.2) is 0 Å². The number of hydrogen-bond donors (Lipinski definition) is 0. The van der Waals surface area contributed by atoms with Gasteiger partial charge >= 0.3 is 0 Å². The maximum absolute atomic E-state index is 3.99. The van der Waals surface area contributed by atoms with E-state index in [0.717, 1.165) is 0 Å². The van der Waals surface area contributed by atoms with Crippen LogP contribution in [0, 0.1) is 0 Å². The predicted molar refractivity (Wildman–Crippen MR) is 70.8 cm³/mol. The zero-order valence-corrected chi connectivity index (χ0v) is 10.3. The Bertz CT molecular complexity index is 161. The highest BCUT2D eigenvalue weighted by atomic mass is 14.1. The molecule has 14 heavy (non-hydrogen) atoms. The zero-order chi connectivity index (χ0) is 10.9. The van der Waals surface area contributed by atoms with E-state index < -0.39 is 0 Å². The van der Waals surface area contributed by atoms with E-state index in [1.165, 1.54) is 36.0 Å². The van der Waals surface area contributed by atoms with Crippen molar-refractivity contribution in [2.24, 2.45) is 0 Å². The Morgan fingerprint density at radius 2 is 1.36 bits per heavy atom. The normalized spacial score (nSPS) is 14.3. The van der Waals surface area contributed by atoms with Gasteiger partial charge in [-0.1, -0.05) is 52.8 Å². The molecular weight excluding hydrogens is 168 g/mol. The van der Waals surface area contributed by atoms with Crippen LogP contribution in [0.4, 0.5) is 0 Å². The first-order chi connectivity index (χ1) is 6.22. The van der Waals surface area contributed by atoms with Crippen molar-refractivity contribution in [3.63, 3.8) is 0 Å². The van der Waals surface area contributed by atoms with Crippen molar-refractivity contribution < 1.29 is 0 Å². The van der Waals surface area contributed by atoms with E-state index in [0.29, 0.717) is 0 Å². The summed E-state index contributed by atoms with van der Waals surface area (Å²) >= 11 is 0. The molecule has 0 heteroatoms. The Labute approximate surface area is 92.1 Å². The van der Waals surface area contributed by atoms with Crippen LogP contribution in [0.3, 0.4) is 0 Å². The summed E-state index contributed by atoms with van der Waals surface area (Å²) in [6.07, 6.45) is 3.80. The number of rotatable bonds is 0. The molecular formula is C14H30. The second kappa shape index (κ2) is 12.5. The van der Waals surface area contributed by atoms with Crippen LogP contribution in [-0.4, -0.2) is 0 Å². The summed E-state index contributed by atoms with van der Waals surface area (Å²) in [5.74, 6) is 0. The molecule has 0 radical (unpaired) electrons. The Hall–Kier alpha value is -0.520. The minimum absolute atomic E-state index is 0. The standard InChI is InChI=1S/C9H14.2C2H6.CH4/c1-7-5-4-6-8(2)9(7)3;2*1-2;/h1,4-6H2,2-3H3;2*1-2H3;1H4. The fourth-order valence-electron chi connectivity index (χ4n) is 1.24. The summed E-state index contributed by atoms with van der Waals surface area (Å²) < 4.78 is 0. The molecule has 0 aromatic heterocycles. The average Bonchev–Trinajstić information content (AvgIpc) is 2.20. The molecule has 0 amide bonds. The fourth-order valence-corrected chi connectivity index (χ4v) is 1.24. The van der Waals surface area contributed by atoms with E-state index in [4.69, 9.17) is 0 Å². The summed E-state index contributed by atoms with van der Waals surface area (Å²) in [5.41, 5.74) is 4.33. The van der Waals surface area contributed by atoms with Gasteiger partial charge in [0.1, 0.15) is 0 Å². The molecule has 0 fully saturated rings. The second-order valence-electron chi connectivity index (χ2n) is 2.86. The first kappa shape index (κ1) is 19.1. The van der Waals surface area contributed by atoms with Gasteiger partial charge in [-0.15, -0.1) is 0 Å². The monoisotopic (exact) mass is 198 g/mol. The average molecular weight is 198 g/mol. The second-order valence-corrected chi connectivity index (χ2v) is 2.86. The lowest BCUT2D eigenvalue weighted by Crippen LogP contribution is -1.96. The minimum atomic E-state index is 0. The van der Waals surface area contributed by atoms with Gasteiger partial charge < -0.3 is 0 Å². The Morgan fingerprint density at radius 3 is 1.64 bits per heavy atom. The van der Waals surface area contributed by atoms with Crippen LogP contribution in [0.1, 0.15) is 68.2 Å². The zero-order valence-electron chi connectivity index (χ0n) is 10.3. The van der Waals surface area contributed by atoms with Gasteiger partial charge in [-0.05, 0) is 38.7 Å². The summed E-state index contributed by atoms with van der Waals surface area (Å²) in [4.78, 5) is 0. The van der Waals surface area contributed by atoms with E-state index in [-0.39, 0.29) is 7.43 Å². The van der Waals surface area contributed by atoms with Gasteiger partial charge in [0.25, 0.3) is 0 Å². The Balaban J connectivity index is -0.000000216. The summed E-state index contributed by atoms with van der Waals surface area (Å²) in [6, 6.07) is 0. The van der Waals surface area contributed by atoms with Crippen LogP contribution < -0.4 is 0 Å². The molecule has 0 heterocycles. The predicted octanol–water partition coefficient (Wildman–Crippen LogP) is 5.75. The van der Waals surface area contributed by atoms with Crippen LogP contribution in [0.5, 0.6) is 0 Å². The van der Waals surface area contributed by atoms with Gasteiger partial charge in [0, 0.05) is 0 Å². The summed E-state index contributed by atoms with van der Waals surface area (Å²) in [5, 5.41) is 0. The molecule has 0 aliphatic heterocycles. The van der Waals surface area contributed by atoms with Crippen molar-refractivity contribution in [1.29, 1.82) is 0 Å². The van der Waals surface area contributed by atoms with Crippen LogP contribution in [-0.2, 0) is 0 Å². The van der Waals surface area contributed by atoms with Crippen molar-refractivity contribution in [2.75, 3.05) is 0 Å². The van der Waals surface area contributed by atoms with Crippen molar-refractivity contribution >= 4 is 0 Å². The van der Waals surface area contributed by atoms with Crippen molar-refractivity contribution in [3.8, 4) is 0 Å². The van der Waals surface area contributed by atoms with E-state index >= 15 is 0 Å². The molecule has 0 aromatic rings. The number of allylic oxidation sites excluding steroid dienone is 3. The Kier molecular flexibility index (Phi) is 17.0. The molecule has 1 rings (SSSR count). The smallest absolute Gasteiger partial charge is 0.0279 e. The molecule has 0 spiro atoms. The van der Waals surface area contributed by atoms with Crippen molar-refractivity contribution in [1.82, 2.24) is 0 Å². The van der Waals surface area contributed by atoms with E-state index in [2.05, 4.69) is 20.4 Å². The van der Waals surface area contributed by atoms with Gasteiger partial charge in [0.05, 0.1) is 0 Å². The maximum atomic E-state index is 3.99. The topological polar surface area (TPSA) is 0 Å². The third-order valence-corrected chi connectivity index (χ3v) is 2.20. The van der Waals surface area contributed by atoms with Crippen LogP contribution in [0.15, 0.2) is 23.3 Å². The van der Waals surface area contributed by atoms with Crippen molar-refractivity contribution in [2.45, 2.75) is 68.2 Å². The largest absolute Gasteiger partial charge is 0.0956 e. The molecule has 86 valence electrons. The third kappa shape index (κ3) is 6.94. The minimum Gasteiger partial charge on any atom is -0.0956 e. The molecule has 0 atom stereocenters. The molecule has 1 aliphatic carbocycles. The van der Waals surface area contributed by atoms with E-state index in [9.17, 15) is 0 Å². The molecule has 0 unspecified atom stereocenters. The van der Waals surface area contributed by atoms with Crippen LogP contribution in [0.25, 0.3) is 0 Å². The van der Waals surface area contributed by atoms with E-state index in [1.807, 2.05) is 27.7 Å². The van der Waals surface area contributed by atoms with Gasteiger partial charge in [0.2, 0.25) is 0 Å². The quantitative estimate of drug-likeness (QED) is 0.465.